The lowest BCUT2D eigenvalue weighted by atomic mass is 10.3. The fraction of sp³-hybridized carbons (Fsp3) is 0.111. The maximum Gasteiger partial charge on any atom is 0.412 e. The zero-order valence-electron chi connectivity index (χ0n) is 7.74. The van der Waals surface area contributed by atoms with E-state index in [2.05, 4.69) is 26.2 Å². The summed E-state index contributed by atoms with van der Waals surface area (Å²) in [6.45, 7) is 0. The number of rotatable bonds is 1. The number of halogens is 4. The van der Waals surface area contributed by atoms with Crippen LogP contribution < -0.4 is 0 Å². The smallest absolute Gasteiger partial charge is 0.206 e. The van der Waals surface area contributed by atoms with Crippen molar-refractivity contribution < 1.29 is 13.2 Å². The molecule has 1 aromatic heterocycles. The van der Waals surface area contributed by atoms with E-state index in [9.17, 15) is 13.2 Å². The average Bonchev–Trinajstić information content (AvgIpc) is 2.58. The number of allylic oxidation sites excluding steroid dienone is 1. The summed E-state index contributed by atoms with van der Waals surface area (Å²) in [7, 11) is 0. The molecule has 1 heterocycles. The van der Waals surface area contributed by atoms with Gasteiger partial charge in [0.1, 0.15) is 10.1 Å². The molecule has 0 radical (unpaired) electrons. The molecule has 3 nitrogen and oxygen atoms in total. The van der Waals surface area contributed by atoms with Crippen molar-refractivity contribution in [2.75, 3.05) is 0 Å². The first-order valence-electron chi connectivity index (χ1n) is 4.23. The number of alkyl halides is 3. The van der Waals surface area contributed by atoms with E-state index in [1.54, 1.807) is 24.3 Å². The Morgan fingerprint density at radius 2 is 2.00 bits per heavy atom. The maximum absolute atomic E-state index is 12.1. The Labute approximate surface area is 96.7 Å². The van der Waals surface area contributed by atoms with Gasteiger partial charge in [-0.15, -0.1) is 5.10 Å². The van der Waals surface area contributed by atoms with Gasteiger partial charge in [0.05, 0.1) is 11.6 Å². The number of aromatic nitrogens is 3. The zero-order chi connectivity index (χ0) is 11.8. The molecule has 16 heavy (non-hydrogen) atoms. The molecule has 2 aromatic rings. The van der Waals surface area contributed by atoms with Gasteiger partial charge in [-0.3, -0.25) is 0 Å². The minimum Gasteiger partial charge on any atom is -0.206 e. The van der Waals surface area contributed by atoms with E-state index in [1.807, 2.05) is 0 Å². The van der Waals surface area contributed by atoms with Crippen LogP contribution in [0.5, 0.6) is 0 Å². The Bertz CT molecular complexity index is 544. The Morgan fingerprint density at radius 3 is 2.69 bits per heavy atom. The van der Waals surface area contributed by atoms with Crippen LogP contribution in [0.1, 0.15) is 0 Å². The summed E-state index contributed by atoms with van der Waals surface area (Å²) in [5.74, 6) is 0. The van der Waals surface area contributed by atoms with Crippen molar-refractivity contribution in [3.63, 3.8) is 0 Å². The van der Waals surface area contributed by atoms with Gasteiger partial charge >= 0.3 is 6.18 Å². The molecule has 0 unspecified atom stereocenters. The first-order valence-corrected chi connectivity index (χ1v) is 5.02. The molecule has 2 rings (SSSR count). The molecule has 0 fully saturated rings. The normalized spacial score (nSPS) is 13.4. The SMILES string of the molecule is FC(F)(F)C=C(Br)n1nnc2ccccc21. The van der Waals surface area contributed by atoms with Crippen molar-refractivity contribution in [3.8, 4) is 0 Å². The molecule has 0 saturated heterocycles. The van der Waals surface area contributed by atoms with Gasteiger partial charge in [0, 0.05) is 0 Å². The summed E-state index contributed by atoms with van der Waals surface area (Å²) in [5.41, 5.74) is 1.05. The number of benzene rings is 1. The monoisotopic (exact) mass is 291 g/mol. The highest BCUT2D eigenvalue weighted by molar-refractivity contribution is 9.14. The summed E-state index contributed by atoms with van der Waals surface area (Å²) in [5, 5.41) is 7.38. The largest absolute Gasteiger partial charge is 0.412 e. The Morgan fingerprint density at radius 1 is 1.31 bits per heavy atom. The molecule has 0 amide bonds. The van der Waals surface area contributed by atoms with Gasteiger partial charge in [0.15, 0.2) is 0 Å². The third-order valence-corrected chi connectivity index (χ3v) is 2.40. The van der Waals surface area contributed by atoms with Crippen LogP contribution >= 0.6 is 15.9 Å². The molecule has 84 valence electrons. The van der Waals surface area contributed by atoms with Crippen LogP contribution in [0.4, 0.5) is 13.2 Å². The molecule has 0 aliphatic rings. The van der Waals surface area contributed by atoms with E-state index >= 15 is 0 Å². The summed E-state index contributed by atoms with van der Waals surface area (Å²) in [6.07, 6.45) is -4.28. The average molecular weight is 292 g/mol. The third-order valence-electron chi connectivity index (χ3n) is 1.84. The molecular weight excluding hydrogens is 287 g/mol. The molecule has 0 bridgehead atoms. The van der Waals surface area contributed by atoms with Gasteiger partial charge in [0.2, 0.25) is 0 Å². The van der Waals surface area contributed by atoms with E-state index in [1.165, 1.54) is 0 Å². The lowest BCUT2D eigenvalue weighted by Crippen LogP contribution is -2.05. The van der Waals surface area contributed by atoms with Crippen LogP contribution in [0.2, 0.25) is 0 Å². The minimum absolute atomic E-state index is 0.119. The van der Waals surface area contributed by atoms with Crippen molar-refractivity contribution in [2.24, 2.45) is 0 Å². The molecular formula is C9H5BrF3N3. The fourth-order valence-electron chi connectivity index (χ4n) is 1.22. The Hall–Kier alpha value is -1.37. The molecule has 0 spiro atoms. The Kier molecular flexibility index (Phi) is 2.71. The minimum atomic E-state index is -4.40. The van der Waals surface area contributed by atoms with E-state index in [0.29, 0.717) is 11.0 Å². The van der Waals surface area contributed by atoms with E-state index in [4.69, 9.17) is 0 Å². The summed E-state index contributed by atoms with van der Waals surface area (Å²) in [6, 6.07) is 6.76. The van der Waals surface area contributed by atoms with Crippen molar-refractivity contribution in [3.05, 3.63) is 30.3 Å². The second-order valence-electron chi connectivity index (χ2n) is 3.00. The molecule has 0 saturated carbocycles. The number of hydrogen-bond acceptors (Lipinski definition) is 2. The Balaban J connectivity index is 2.52. The standard InChI is InChI=1S/C9H5BrF3N3/c10-8(5-9(11,12)13)16-7-4-2-1-3-6(7)14-15-16/h1-5H. The quantitative estimate of drug-likeness (QED) is 0.808. The highest BCUT2D eigenvalue weighted by Crippen LogP contribution is 2.25. The lowest BCUT2D eigenvalue weighted by Gasteiger charge is -2.02. The number of nitrogens with zero attached hydrogens (tertiary/aromatic N) is 3. The van der Waals surface area contributed by atoms with Crippen LogP contribution in [0.15, 0.2) is 30.3 Å². The van der Waals surface area contributed by atoms with E-state index < -0.39 is 6.18 Å². The molecule has 1 aromatic carbocycles. The molecule has 7 heteroatoms. The number of para-hydroxylation sites is 1. The molecule has 0 aliphatic carbocycles. The van der Waals surface area contributed by atoms with Gasteiger partial charge in [-0.05, 0) is 28.1 Å². The maximum atomic E-state index is 12.1. The lowest BCUT2D eigenvalue weighted by molar-refractivity contribution is -0.0793. The number of fused-ring (bicyclic) bond motifs is 1. The van der Waals surface area contributed by atoms with Crippen LogP contribution in [0.3, 0.4) is 0 Å². The first kappa shape index (κ1) is 11.1. The van der Waals surface area contributed by atoms with Crippen LogP contribution in [0.25, 0.3) is 15.6 Å². The molecule has 0 aliphatic heterocycles. The van der Waals surface area contributed by atoms with Gasteiger partial charge in [0.25, 0.3) is 0 Å². The second-order valence-corrected chi connectivity index (χ2v) is 3.81. The van der Waals surface area contributed by atoms with Gasteiger partial charge in [-0.25, -0.2) is 4.68 Å². The highest BCUT2D eigenvalue weighted by atomic mass is 79.9. The highest BCUT2D eigenvalue weighted by Gasteiger charge is 2.25. The van der Waals surface area contributed by atoms with Crippen LogP contribution in [0, 0.1) is 0 Å². The zero-order valence-corrected chi connectivity index (χ0v) is 9.33. The predicted molar refractivity (Wildman–Crippen MR) is 56.8 cm³/mol. The van der Waals surface area contributed by atoms with Gasteiger partial charge in [-0.2, -0.15) is 13.2 Å². The first-order chi connectivity index (χ1) is 7.47. The van der Waals surface area contributed by atoms with Crippen LogP contribution in [-0.2, 0) is 0 Å². The third kappa shape index (κ3) is 2.24. The van der Waals surface area contributed by atoms with E-state index in [0.717, 1.165) is 4.68 Å². The van der Waals surface area contributed by atoms with Crippen molar-refractivity contribution in [1.29, 1.82) is 0 Å². The summed E-state index contributed by atoms with van der Waals surface area (Å²) >= 11 is 2.82. The summed E-state index contributed by atoms with van der Waals surface area (Å²) in [4.78, 5) is 0. The van der Waals surface area contributed by atoms with Crippen molar-refractivity contribution in [2.45, 2.75) is 6.18 Å². The fourth-order valence-corrected chi connectivity index (χ4v) is 1.74. The van der Waals surface area contributed by atoms with Crippen molar-refractivity contribution >= 4 is 31.6 Å². The number of hydrogen-bond donors (Lipinski definition) is 0. The van der Waals surface area contributed by atoms with Crippen LogP contribution in [-0.4, -0.2) is 21.2 Å². The summed E-state index contributed by atoms with van der Waals surface area (Å²) < 4.78 is 37.3. The topological polar surface area (TPSA) is 30.7 Å². The predicted octanol–water partition coefficient (Wildman–Crippen LogP) is 3.19. The second kappa shape index (κ2) is 3.89. The van der Waals surface area contributed by atoms with Gasteiger partial charge in [-0.1, -0.05) is 17.3 Å². The molecule has 0 atom stereocenters. The molecule has 0 N–H and O–H groups in total. The van der Waals surface area contributed by atoms with E-state index in [-0.39, 0.29) is 10.7 Å². The van der Waals surface area contributed by atoms with Gasteiger partial charge < -0.3 is 0 Å². The van der Waals surface area contributed by atoms with Crippen molar-refractivity contribution in [1.82, 2.24) is 15.0 Å².